The van der Waals surface area contributed by atoms with Gasteiger partial charge in [0, 0.05) is 25.7 Å². The van der Waals surface area contributed by atoms with Crippen molar-refractivity contribution in [2.24, 2.45) is 23.7 Å². The van der Waals surface area contributed by atoms with E-state index in [0.29, 0.717) is 25.7 Å². The number of hydrogen-bond acceptors (Lipinski definition) is 15. The van der Waals surface area contributed by atoms with Crippen LogP contribution in [0.5, 0.6) is 0 Å². The van der Waals surface area contributed by atoms with Gasteiger partial charge in [-0.05, 0) is 49.4 Å². The molecule has 3 N–H and O–H groups in total. The highest BCUT2D eigenvalue weighted by molar-refractivity contribution is 7.47. The molecule has 0 saturated carbocycles. The van der Waals surface area contributed by atoms with E-state index < -0.39 is 97.5 Å². The monoisotopic (exact) mass is 1610 g/mol. The van der Waals surface area contributed by atoms with Gasteiger partial charge >= 0.3 is 39.5 Å². The van der Waals surface area contributed by atoms with Gasteiger partial charge in [-0.25, -0.2) is 9.13 Å². The molecule has 0 aliphatic heterocycles. The van der Waals surface area contributed by atoms with E-state index in [1.807, 2.05) is 0 Å². The summed E-state index contributed by atoms with van der Waals surface area (Å²) in [4.78, 5) is 73.4. The molecular formula is C91H178O17P2. The molecule has 0 fully saturated rings. The number of rotatable bonds is 88. The Balaban J connectivity index is 5.24. The largest absolute Gasteiger partial charge is 0.472 e. The number of carbonyl (C=O) groups is 4. The second-order valence-corrected chi connectivity index (χ2v) is 37.0. The zero-order valence-electron chi connectivity index (χ0n) is 72.9. The molecule has 4 unspecified atom stereocenters. The van der Waals surface area contributed by atoms with E-state index in [-0.39, 0.29) is 25.7 Å². The summed E-state index contributed by atoms with van der Waals surface area (Å²) in [7, 11) is -9.94. The first-order valence-electron chi connectivity index (χ1n) is 46.8. The first-order valence-corrected chi connectivity index (χ1v) is 49.8. The lowest BCUT2D eigenvalue weighted by molar-refractivity contribution is -0.161. The van der Waals surface area contributed by atoms with Crippen LogP contribution in [0.1, 0.15) is 479 Å². The summed E-state index contributed by atoms with van der Waals surface area (Å²) in [6.07, 6.45) is 70.8. The van der Waals surface area contributed by atoms with Gasteiger partial charge < -0.3 is 33.8 Å². The Morgan fingerprint density at radius 3 is 0.645 bits per heavy atom. The summed E-state index contributed by atoms with van der Waals surface area (Å²) in [5.74, 6) is 1.15. The first-order chi connectivity index (χ1) is 53.2. The highest BCUT2D eigenvalue weighted by atomic mass is 31.2. The number of esters is 4. The van der Waals surface area contributed by atoms with Crippen molar-refractivity contribution in [3.8, 4) is 0 Å². The standard InChI is InChI=1S/C91H178O17P2/c1-9-83(7)69-61-53-45-36-30-24-18-13-11-12-14-20-27-33-39-49-57-65-73-90(95)107-86(77-101-88(93)71-63-55-47-38-32-26-19-16-15-17-23-29-35-43-51-59-67-81(3)4)79-105-109(97,98)103-75-85(92)76-104-110(99,100)106-80-87(78-102-89(94)72-64-56-48-42-41-44-52-60-68-82(5)6)108-91(96)74-66-58-50-40-34-28-22-21-25-31-37-46-54-62-70-84(8)10-2/h81-87,92H,9-80H2,1-8H3,(H,97,98)(H,99,100)/t83?,84?,85-,86-,87-/m1/s1. The number of carbonyl (C=O) groups excluding carboxylic acids is 4. The van der Waals surface area contributed by atoms with Crippen LogP contribution in [-0.4, -0.2) is 96.7 Å². The summed E-state index contributed by atoms with van der Waals surface area (Å²) in [6, 6.07) is 0. The SMILES string of the molecule is CCC(C)CCCCCCCCCCCCCCCCCCCCC(=O)O[C@H](COC(=O)CCCCCCCCCCCCCCCCCCC(C)C)COP(=O)(O)OC[C@@H](O)COP(=O)(O)OC[C@@H](COC(=O)CCCCCCCCCCC(C)C)OC(=O)CCCCCCCCCCCCCCCCC(C)CC. The molecule has 17 nitrogen and oxygen atoms in total. The second-order valence-electron chi connectivity index (χ2n) is 34.1. The molecule has 0 spiro atoms. The minimum atomic E-state index is -4.97. The van der Waals surface area contributed by atoms with E-state index >= 15 is 0 Å². The van der Waals surface area contributed by atoms with Crippen LogP contribution in [0.4, 0.5) is 0 Å². The highest BCUT2D eigenvalue weighted by Gasteiger charge is 2.31. The molecule has 110 heavy (non-hydrogen) atoms. The van der Waals surface area contributed by atoms with Crippen molar-refractivity contribution in [2.75, 3.05) is 39.6 Å². The normalized spacial score (nSPS) is 14.3. The fraction of sp³-hybridized carbons (Fsp3) is 0.956. The van der Waals surface area contributed by atoms with E-state index in [4.69, 9.17) is 37.0 Å². The summed E-state index contributed by atoms with van der Waals surface area (Å²) < 4.78 is 69.1. The summed E-state index contributed by atoms with van der Waals surface area (Å²) >= 11 is 0. The third-order valence-electron chi connectivity index (χ3n) is 22.0. The van der Waals surface area contributed by atoms with Gasteiger partial charge in [-0.2, -0.15) is 0 Å². The number of unbranched alkanes of at least 4 members (excludes halogenated alkanes) is 52. The summed E-state index contributed by atoms with van der Waals surface area (Å²) in [6.45, 7) is 14.4. The van der Waals surface area contributed by atoms with Crippen molar-refractivity contribution in [1.82, 2.24) is 0 Å². The Bertz CT molecular complexity index is 2130. The lowest BCUT2D eigenvalue weighted by Gasteiger charge is -2.21. The van der Waals surface area contributed by atoms with Crippen LogP contribution < -0.4 is 0 Å². The highest BCUT2D eigenvalue weighted by Crippen LogP contribution is 2.45. The molecule has 0 amide bonds. The van der Waals surface area contributed by atoms with Gasteiger partial charge in [-0.3, -0.25) is 37.3 Å². The molecule has 0 rings (SSSR count). The van der Waals surface area contributed by atoms with Gasteiger partial charge in [0.1, 0.15) is 19.3 Å². The number of phosphoric acid groups is 2. The van der Waals surface area contributed by atoms with Gasteiger partial charge in [-0.15, -0.1) is 0 Å². The third kappa shape index (κ3) is 81.2. The van der Waals surface area contributed by atoms with Crippen molar-refractivity contribution in [1.29, 1.82) is 0 Å². The molecular weight excluding hydrogens is 1430 g/mol. The van der Waals surface area contributed by atoms with Gasteiger partial charge in [0.15, 0.2) is 12.2 Å². The maximum Gasteiger partial charge on any atom is 0.472 e. The molecule has 0 aliphatic rings. The van der Waals surface area contributed by atoms with Crippen molar-refractivity contribution >= 4 is 39.5 Å². The number of phosphoric ester groups is 2. The van der Waals surface area contributed by atoms with Gasteiger partial charge in [0.05, 0.1) is 26.4 Å². The lowest BCUT2D eigenvalue weighted by atomic mass is 9.99. The minimum Gasteiger partial charge on any atom is -0.462 e. The Labute approximate surface area is 677 Å². The zero-order chi connectivity index (χ0) is 80.9. The topological polar surface area (TPSA) is 237 Å². The van der Waals surface area contributed by atoms with Crippen LogP contribution in [0.25, 0.3) is 0 Å². The van der Waals surface area contributed by atoms with E-state index in [1.165, 1.54) is 283 Å². The molecule has 19 heteroatoms. The summed E-state index contributed by atoms with van der Waals surface area (Å²) in [5, 5.41) is 10.7. The smallest absolute Gasteiger partial charge is 0.462 e. The Morgan fingerprint density at radius 2 is 0.436 bits per heavy atom. The van der Waals surface area contributed by atoms with Crippen LogP contribution in [-0.2, 0) is 65.4 Å². The van der Waals surface area contributed by atoms with Crippen molar-refractivity contribution < 1.29 is 80.2 Å². The summed E-state index contributed by atoms with van der Waals surface area (Å²) in [5.41, 5.74) is 0. The predicted molar refractivity (Wildman–Crippen MR) is 455 cm³/mol. The van der Waals surface area contributed by atoms with Crippen molar-refractivity contribution in [3.05, 3.63) is 0 Å². The van der Waals surface area contributed by atoms with E-state index in [1.54, 1.807) is 0 Å². The van der Waals surface area contributed by atoms with Crippen LogP contribution in [0.15, 0.2) is 0 Å². The molecule has 0 heterocycles. The fourth-order valence-corrected chi connectivity index (χ4v) is 15.7. The number of hydrogen-bond donors (Lipinski definition) is 3. The van der Waals surface area contributed by atoms with E-state index in [2.05, 4.69) is 55.4 Å². The zero-order valence-corrected chi connectivity index (χ0v) is 74.7. The molecule has 0 aromatic rings. The van der Waals surface area contributed by atoms with Crippen molar-refractivity contribution in [3.63, 3.8) is 0 Å². The maximum atomic E-state index is 13.2. The maximum absolute atomic E-state index is 13.2. The molecule has 0 aromatic carbocycles. The molecule has 654 valence electrons. The van der Waals surface area contributed by atoms with Gasteiger partial charge in [-0.1, -0.05) is 428 Å². The number of ether oxygens (including phenoxy) is 4. The average Bonchev–Trinajstić information content (AvgIpc) is 0.852. The van der Waals surface area contributed by atoms with E-state index in [0.717, 1.165) is 114 Å². The van der Waals surface area contributed by atoms with E-state index in [9.17, 15) is 43.2 Å². The fourth-order valence-electron chi connectivity index (χ4n) is 14.1. The number of aliphatic hydroxyl groups excluding tert-OH is 1. The van der Waals surface area contributed by atoms with Crippen molar-refractivity contribution in [2.45, 2.75) is 497 Å². The molecule has 7 atom stereocenters. The van der Waals surface area contributed by atoms with Gasteiger partial charge in [0.25, 0.3) is 0 Å². The average molecular weight is 1610 g/mol. The Morgan fingerprint density at radius 1 is 0.255 bits per heavy atom. The predicted octanol–water partition coefficient (Wildman–Crippen LogP) is 27.9. The van der Waals surface area contributed by atoms with Crippen LogP contribution in [0, 0.1) is 23.7 Å². The minimum absolute atomic E-state index is 0.107. The molecule has 0 saturated heterocycles. The molecule has 0 aliphatic carbocycles. The van der Waals surface area contributed by atoms with Crippen LogP contribution in [0.3, 0.4) is 0 Å². The third-order valence-corrected chi connectivity index (χ3v) is 23.9. The molecule has 0 bridgehead atoms. The molecule has 0 radical (unpaired) electrons. The lowest BCUT2D eigenvalue weighted by Crippen LogP contribution is -2.30. The Kier molecular flexibility index (Phi) is 78.1. The van der Waals surface area contributed by atoms with Gasteiger partial charge in [0.2, 0.25) is 0 Å². The number of aliphatic hydroxyl groups is 1. The second kappa shape index (κ2) is 79.5. The molecule has 0 aromatic heterocycles. The Hall–Kier alpha value is -1.94. The van der Waals surface area contributed by atoms with Crippen LogP contribution in [0.2, 0.25) is 0 Å². The van der Waals surface area contributed by atoms with Crippen LogP contribution >= 0.6 is 15.6 Å². The quantitative estimate of drug-likeness (QED) is 0.0222. The first kappa shape index (κ1) is 108.